The molecule has 3 heteroatoms. The van der Waals surface area contributed by atoms with Gasteiger partial charge in [0.2, 0.25) is 0 Å². The van der Waals surface area contributed by atoms with Gasteiger partial charge in [-0.1, -0.05) is 13.8 Å². The van der Waals surface area contributed by atoms with E-state index < -0.39 is 0 Å². The molecule has 1 aromatic carbocycles. The molecule has 0 saturated heterocycles. The second kappa shape index (κ2) is 3.33. The molecule has 0 spiro atoms. The molecule has 0 saturated carbocycles. The van der Waals surface area contributed by atoms with Gasteiger partial charge in [-0.3, -0.25) is 5.10 Å². The third-order valence-electron chi connectivity index (χ3n) is 2.42. The highest BCUT2D eigenvalue weighted by Crippen LogP contribution is 2.28. The summed E-state index contributed by atoms with van der Waals surface area (Å²) in [6.45, 7) is 4.33. The molecule has 0 aliphatic rings. The number of fused-ring (bicyclic) bond motifs is 1. The van der Waals surface area contributed by atoms with Crippen molar-refractivity contribution in [3.8, 4) is 5.75 Å². The number of nitrogens with one attached hydrogen (secondary N) is 1. The lowest BCUT2D eigenvalue weighted by Crippen LogP contribution is -1.91. The van der Waals surface area contributed by atoms with E-state index in [4.69, 9.17) is 4.74 Å². The number of rotatable bonds is 2. The Morgan fingerprint density at radius 1 is 1.36 bits per heavy atom. The third-order valence-corrected chi connectivity index (χ3v) is 2.42. The van der Waals surface area contributed by atoms with Crippen LogP contribution >= 0.6 is 0 Å². The lowest BCUT2D eigenvalue weighted by atomic mass is 10.0. The van der Waals surface area contributed by atoms with Gasteiger partial charge in [0.15, 0.2) is 0 Å². The Bertz CT molecular complexity index is 445. The predicted molar refractivity (Wildman–Crippen MR) is 56.7 cm³/mol. The van der Waals surface area contributed by atoms with E-state index in [1.54, 1.807) is 7.11 Å². The summed E-state index contributed by atoms with van der Waals surface area (Å²) in [6.07, 6.45) is 1.82. The summed E-state index contributed by atoms with van der Waals surface area (Å²) in [5.74, 6) is 1.37. The van der Waals surface area contributed by atoms with Gasteiger partial charge in [-0.05, 0) is 23.6 Å². The summed E-state index contributed by atoms with van der Waals surface area (Å²) < 4.78 is 5.31. The maximum atomic E-state index is 5.31. The molecule has 14 heavy (non-hydrogen) atoms. The summed E-state index contributed by atoms with van der Waals surface area (Å²) in [4.78, 5) is 0. The molecule has 0 fully saturated rings. The minimum atomic E-state index is 0.503. The largest absolute Gasteiger partial charge is 0.494 e. The number of aromatic amines is 1. The monoisotopic (exact) mass is 190 g/mol. The maximum absolute atomic E-state index is 5.31. The Balaban J connectivity index is 2.67. The molecule has 0 atom stereocenters. The molecule has 2 aromatic rings. The first kappa shape index (κ1) is 9.06. The molecule has 0 radical (unpaired) electrons. The van der Waals surface area contributed by atoms with Gasteiger partial charge in [-0.25, -0.2) is 0 Å². The number of aromatic nitrogens is 2. The van der Waals surface area contributed by atoms with Gasteiger partial charge in [0.1, 0.15) is 11.3 Å². The van der Waals surface area contributed by atoms with Crippen molar-refractivity contribution in [3.63, 3.8) is 0 Å². The quantitative estimate of drug-likeness (QED) is 0.790. The molecule has 74 valence electrons. The minimum absolute atomic E-state index is 0.503. The summed E-state index contributed by atoms with van der Waals surface area (Å²) in [7, 11) is 1.68. The second-order valence-electron chi connectivity index (χ2n) is 3.71. The molecule has 0 aliphatic carbocycles. The molecule has 0 aliphatic heterocycles. The molecule has 1 aromatic heterocycles. The molecule has 1 heterocycles. The number of ether oxygens (including phenoxy) is 1. The zero-order valence-electron chi connectivity index (χ0n) is 8.66. The van der Waals surface area contributed by atoms with Gasteiger partial charge < -0.3 is 4.74 Å². The molecular weight excluding hydrogens is 176 g/mol. The first-order valence-electron chi connectivity index (χ1n) is 4.73. The van der Waals surface area contributed by atoms with Crippen molar-refractivity contribution in [2.75, 3.05) is 7.11 Å². The topological polar surface area (TPSA) is 37.9 Å². The molecule has 0 bridgehead atoms. The van der Waals surface area contributed by atoms with E-state index in [1.807, 2.05) is 6.20 Å². The summed E-state index contributed by atoms with van der Waals surface area (Å²) in [6, 6.07) is 4.21. The van der Waals surface area contributed by atoms with E-state index >= 15 is 0 Å². The minimum Gasteiger partial charge on any atom is -0.494 e. The Kier molecular flexibility index (Phi) is 2.15. The summed E-state index contributed by atoms with van der Waals surface area (Å²) in [5, 5.41) is 8.04. The Morgan fingerprint density at radius 3 is 2.79 bits per heavy atom. The fraction of sp³-hybridized carbons (Fsp3) is 0.364. The van der Waals surface area contributed by atoms with Gasteiger partial charge in [0.05, 0.1) is 13.3 Å². The van der Waals surface area contributed by atoms with Gasteiger partial charge in [-0.15, -0.1) is 0 Å². The number of hydrogen-bond donors (Lipinski definition) is 1. The SMILES string of the molecule is COc1cc(C(C)C)cc2cn[nH]c12. The van der Waals surface area contributed by atoms with E-state index in [1.165, 1.54) is 5.56 Å². The van der Waals surface area contributed by atoms with Gasteiger partial charge in [0, 0.05) is 5.39 Å². The smallest absolute Gasteiger partial charge is 0.144 e. The van der Waals surface area contributed by atoms with E-state index in [0.717, 1.165) is 16.7 Å². The van der Waals surface area contributed by atoms with Crippen molar-refractivity contribution in [3.05, 3.63) is 23.9 Å². The van der Waals surface area contributed by atoms with Crippen molar-refractivity contribution in [2.24, 2.45) is 0 Å². The summed E-state index contributed by atoms with van der Waals surface area (Å²) >= 11 is 0. The normalized spacial score (nSPS) is 11.1. The fourth-order valence-corrected chi connectivity index (χ4v) is 1.54. The Morgan fingerprint density at radius 2 is 2.14 bits per heavy atom. The lowest BCUT2D eigenvalue weighted by Gasteiger charge is -2.08. The lowest BCUT2D eigenvalue weighted by molar-refractivity contribution is 0.418. The van der Waals surface area contributed by atoms with Gasteiger partial charge in [-0.2, -0.15) is 5.10 Å². The van der Waals surface area contributed by atoms with Crippen molar-refractivity contribution in [1.82, 2.24) is 10.2 Å². The number of methoxy groups -OCH3 is 1. The second-order valence-corrected chi connectivity index (χ2v) is 3.71. The van der Waals surface area contributed by atoms with Gasteiger partial charge in [0.25, 0.3) is 0 Å². The van der Waals surface area contributed by atoms with Crippen LogP contribution in [0.4, 0.5) is 0 Å². The number of benzene rings is 1. The van der Waals surface area contributed by atoms with Crippen LogP contribution in [0.5, 0.6) is 5.75 Å². The number of hydrogen-bond acceptors (Lipinski definition) is 2. The molecule has 0 amide bonds. The van der Waals surface area contributed by atoms with Crippen LogP contribution in [0.3, 0.4) is 0 Å². The fourth-order valence-electron chi connectivity index (χ4n) is 1.54. The van der Waals surface area contributed by atoms with Crippen molar-refractivity contribution in [1.29, 1.82) is 0 Å². The Hall–Kier alpha value is -1.51. The first-order valence-corrected chi connectivity index (χ1v) is 4.73. The highest BCUT2D eigenvalue weighted by molar-refractivity contribution is 5.84. The van der Waals surface area contributed by atoms with E-state index in [9.17, 15) is 0 Å². The average molecular weight is 190 g/mol. The molecular formula is C11H14N2O. The zero-order chi connectivity index (χ0) is 10.1. The van der Waals surface area contributed by atoms with E-state index in [2.05, 4.69) is 36.2 Å². The van der Waals surface area contributed by atoms with Crippen LogP contribution in [-0.2, 0) is 0 Å². The molecule has 3 nitrogen and oxygen atoms in total. The third kappa shape index (κ3) is 1.35. The zero-order valence-corrected chi connectivity index (χ0v) is 8.66. The van der Waals surface area contributed by atoms with Crippen molar-refractivity contribution in [2.45, 2.75) is 19.8 Å². The predicted octanol–water partition coefficient (Wildman–Crippen LogP) is 2.69. The van der Waals surface area contributed by atoms with Crippen molar-refractivity contribution >= 4 is 10.9 Å². The van der Waals surface area contributed by atoms with Crippen LogP contribution < -0.4 is 4.74 Å². The molecule has 2 rings (SSSR count). The molecule has 0 unspecified atom stereocenters. The Labute approximate surface area is 83.1 Å². The maximum Gasteiger partial charge on any atom is 0.144 e. The van der Waals surface area contributed by atoms with E-state index in [-0.39, 0.29) is 0 Å². The van der Waals surface area contributed by atoms with Crippen LogP contribution in [0.1, 0.15) is 25.3 Å². The van der Waals surface area contributed by atoms with Crippen LogP contribution in [-0.4, -0.2) is 17.3 Å². The van der Waals surface area contributed by atoms with Crippen LogP contribution in [0.15, 0.2) is 18.3 Å². The highest BCUT2D eigenvalue weighted by atomic mass is 16.5. The average Bonchev–Trinajstić information content (AvgIpc) is 2.63. The molecule has 1 N–H and O–H groups in total. The van der Waals surface area contributed by atoms with E-state index in [0.29, 0.717) is 5.92 Å². The van der Waals surface area contributed by atoms with Crippen LogP contribution in [0.25, 0.3) is 10.9 Å². The standard InChI is InChI=1S/C11H14N2O/c1-7(2)8-4-9-6-12-13-11(9)10(5-8)14-3/h4-7H,1-3H3,(H,12,13). The van der Waals surface area contributed by atoms with Gasteiger partial charge >= 0.3 is 0 Å². The first-order chi connectivity index (χ1) is 6.72. The van der Waals surface area contributed by atoms with Crippen LogP contribution in [0, 0.1) is 0 Å². The number of nitrogens with zero attached hydrogens (tertiary/aromatic N) is 1. The highest BCUT2D eigenvalue weighted by Gasteiger charge is 2.08. The van der Waals surface area contributed by atoms with Crippen molar-refractivity contribution < 1.29 is 4.74 Å². The summed E-state index contributed by atoms with van der Waals surface area (Å²) in [5.41, 5.74) is 2.24. The van der Waals surface area contributed by atoms with Crippen LogP contribution in [0.2, 0.25) is 0 Å². The number of H-pyrrole nitrogens is 1.